The molecule has 0 bridgehead atoms. The quantitative estimate of drug-likeness (QED) is 0.303. The molecule has 0 fully saturated rings. The Morgan fingerprint density at radius 2 is 1.93 bits per heavy atom. The first-order valence-electron chi connectivity index (χ1n) is 3.25. The van der Waals surface area contributed by atoms with E-state index in [9.17, 15) is 26.4 Å². The molecule has 0 aliphatic heterocycles. The molecule has 0 atom stereocenters. The lowest BCUT2D eigenvalue weighted by molar-refractivity contribution is -0.144. The van der Waals surface area contributed by atoms with Crippen molar-refractivity contribution in [2.24, 2.45) is 0 Å². The highest BCUT2D eigenvalue weighted by atomic mass is 32.2. The Hall–Kier alpha value is -1.27. The summed E-state index contributed by atoms with van der Waals surface area (Å²) in [5.74, 6) is 0.551. The Labute approximate surface area is 83.3 Å². The van der Waals surface area contributed by atoms with Crippen LogP contribution in [-0.4, -0.2) is 33.1 Å². The fourth-order valence-electron chi connectivity index (χ4n) is 0.356. The number of hydrogen-bond acceptors (Lipinski definition) is 5. The lowest BCUT2D eigenvalue weighted by Gasteiger charge is -2.07. The summed E-state index contributed by atoms with van der Waals surface area (Å²) < 4.78 is 62.8. The molecule has 0 amide bonds. The smallest absolute Gasteiger partial charge is 0.451 e. The van der Waals surface area contributed by atoms with Gasteiger partial charge in [0.1, 0.15) is 0 Å². The van der Waals surface area contributed by atoms with Crippen LogP contribution in [0.1, 0.15) is 0 Å². The summed E-state index contributed by atoms with van der Waals surface area (Å²) in [6, 6.07) is 0. The van der Waals surface area contributed by atoms with Crippen molar-refractivity contribution in [3.05, 3.63) is 0 Å². The normalized spacial score (nSPS) is 11.9. The van der Waals surface area contributed by atoms with Crippen LogP contribution >= 0.6 is 0 Å². The van der Waals surface area contributed by atoms with Gasteiger partial charge in [-0.05, 0) is 0 Å². The minimum atomic E-state index is -5.77. The average Bonchev–Trinajstić information content (AvgIpc) is 2.09. The van der Waals surface area contributed by atoms with E-state index in [1.807, 2.05) is 5.92 Å². The van der Waals surface area contributed by atoms with Gasteiger partial charge in [-0.1, -0.05) is 5.92 Å². The van der Waals surface area contributed by atoms with Gasteiger partial charge in [-0.2, -0.15) is 21.6 Å². The molecule has 0 unspecified atom stereocenters. The van der Waals surface area contributed by atoms with Crippen molar-refractivity contribution in [2.75, 3.05) is 13.2 Å². The van der Waals surface area contributed by atoms with Crippen LogP contribution in [0.2, 0.25) is 0 Å². The van der Waals surface area contributed by atoms with Crippen molar-refractivity contribution in [3.8, 4) is 12.3 Å². The molecule has 0 aromatic carbocycles. The van der Waals surface area contributed by atoms with E-state index in [0.29, 0.717) is 0 Å². The van der Waals surface area contributed by atoms with E-state index in [2.05, 4.69) is 15.3 Å². The van der Waals surface area contributed by atoms with Gasteiger partial charge >= 0.3 is 21.6 Å². The van der Waals surface area contributed by atoms with Gasteiger partial charge in [0, 0.05) is 0 Å². The van der Waals surface area contributed by atoms with E-state index in [4.69, 9.17) is 0 Å². The van der Waals surface area contributed by atoms with Crippen molar-refractivity contribution in [3.63, 3.8) is 0 Å². The third-order valence-electron chi connectivity index (χ3n) is 0.932. The molecule has 0 radical (unpaired) electrons. The van der Waals surface area contributed by atoms with Crippen molar-refractivity contribution >= 4 is 16.1 Å². The van der Waals surface area contributed by atoms with Gasteiger partial charge in [0.15, 0.2) is 13.2 Å². The summed E-state index contributed by atoms with van der Waals surface area (Å²) in [5.41, 5.74) is -5.57. The van der Waals surface area contributed by atoms with Crippen LogP contribution in [0.4, 0.5) is 13.2 Å². The van der Waals surface area contributed by atoms with Crippen LogP contribution in [-0.2, 0) is 23.8 Å². The summed E-state index contributed by atoms with van der Waals surface area (Å²) in [5, 5.41) is 0. The first-order chi connectivity index (χ1) is 6.70. The van der Waals surface area contributed by atoms with Crippen molar-refractivity contribution < 1.29 is 35.3 Å². The maximum Gasteiger partial charge on any atom is 0.523 e. The molecule has 0 rings (SSSR count). The molecular weight excluding hydrogens is 241 g/mol. The molecule has 0 spiro atoms. The zero-order chi connectivity index (χ0) is 12.1. The van der Waals surface area contributed by atoms with E-state index >= 15 is 0 Å². The molecule has 15 heavy (non-hydrogen) atoms. The Morgan fingerprint density at radius 1 is 1.40 bits per heavy atom. The zero-order valence-corrected chi connectivity index (χ0v) is 7.89. The number of terminal acetylenes is 1. The standard InChI is InChI=1S/C6H5F3O5S/c1-2-3-13-5(10)4-14-15(11,12)6(7,8)9/h1H,3-4H2. The Kier molecular flexibility index (Phi) is 4.57. The number of halogens is 3. The predicted molar refractivity (Wildman–Crippen MR) is 40.7 cm³/mol. The third kappa shape index (κ3) is 4.66. The van der Waals surface area contributed by atoms with E-state index < -0.39 is 34.8 Å². The summed E-state index contributed by atoms with van der Waals surface area (Å²) in [6.45, 7) is -1.85. The van der Waals surface area contributed by atoms with Crippen molar-refractivity contribution in [2.45, 2.75) is 5.51 Å². The van der Waals surface area contributed by atoms with Gasteiger partial charge in [-0.3, -0.25) is 4.18 Å². The van der Waals surface area contributed by atoms with Crippen LogP contribution in [0.5, 0.6) is 0 Å². The maximum atomic E-state index is 11.6. The van der Waals surface area contributed by atoms with Crippen LogP contribution < -0.4 is 0 Å². The number of carbonyl (C=O) groups excluding carboxylic acids is 1. The first-order valence-corrected chi connectivity index (χ1v) is 4.66. The summed E-state index contributed by atoms with van der Waals surface area (Å²) in [6.07, 6.45) is 4.66. The Bertz CT molecular complexity index is 363. The average molecular weight is 246 g/mol. The molecule has 0 aliphatic carbocycles. The van der Waals surface area contributed by atoms with Gasteiger partial charge in [0.25, 0.3) is 0 Å². The minimum absolute atomic E-state index is 0.478. The number of ether oxygens (including phenoxy) is 1. The van der Waals surface area contributed by atoms with E-state index in [1.165, 1.54) is 0 Å². The summed E-state index contributed by atoms with van der Waals surface area (Å²) >= 11 is 0. The fourth-order valence-corrected chi connectivity index (χ4v) is 0.741. The molecule has 0 heterocycles. The molecule has 0 aliphatic rings. The summed E-state index contributed by atoms with van der Waals surface area (Å²) in [4.78, 5) is 10.5. The largest absolute Gasteiger partial charge is 0.523 e. The lowest BCUT2D eigenvalue weighted by Crippen LogP contribution is -2.28. The molecule has 0 aromatic rings. The Morgan fingerprint density at radius 3 is 2.33 bits per heavy atom. The van der Waals surface area contributed by atoms with Crippen LogP contribution in [0, 0.1) is 12.3 Å². The molecular formula is C6H5F3O5S. The van der Waals surface area contributed by atoms with E-state index in [1.54, 1.807) is 0 Å². The second-order valence-electron chi connectivity index (χ2n) is 2.03. The Balaban J connectivity index is 4.19. The number of carbonyl (C=O) groups is 1. The van der Waals surface area contributed by atoms with Crippen LogP contribution in [0.25, 0.3) is 0 Å². The second-order valence-corrected chi connectivity index (χ2v) is 3.63. The van der Waals surface area contributed by atoms with Gasteiger partial charge in [-0.15, -0.1) is 6.42 Å². The van der Waals surface area contributed by atoms with Gasteiger partial charge in [0.05, 0.1) is 0 Å². The van der Waals surface area contributed by atoms with Crippen molar-refractivity contribution in [1.29, 1.82) is 0 Å². The first kappa shape index (κ1) is 13.7. The minimum Gasteiger partial charge on any atom is -0.451 e. The topological polar surface area (TPSA) is 69.7 Å². The molecule has 0 saturated heterocycles. The number of hydrogen-bond donors (Lipinski definition) is 0. The van der Waals surface area contributed by atoms with Gasteiger partial charge in [0.2, 0.25) is 0 Å². The fraction of sp³-hybridized carbons (Fsp3) is 0.500. The van der Waals surface area contributed by atoms with Crippen LogP contribution in [0.15, 0.2) is 0 Å². The SMILES string of the molecule is C#CCOC(=O)COS(=O)(=O)C(F)(F)F. The molecule has 9 heteroatoms. The van der Waals surface area contributed by atoms with E-state index in [-0.39, 0.29) is 0 Å². The lowest BCUT2D eigenvalue weighted by atomic mass is 10.7. The molecule has 86 valence electrons. The van der Waals surface area contributed by atoms with Gasteiger partial charge < -0.3 is 4.74 Å². The predicted octanol–water partition coefficient (Wildman–Crippen LogP) is 0.0290. The highest BCUT2D eigenvalue weighted by Crippen LogP contribution is 2.24. The maximum absolute atomic E-state index is 11.6. The summed E-state index contributed by atoms with van der Waals surface area (Å²) in [7, 11) is -5.77. The molecule has 0 saturated carbocycles. The molecule has 5 nitrogen and oxygen atoms in total. The number of alkyl halides is 3. The number of rotatable bonds is 4. The van der Waals surface area contributed by atoms with E-state index in [0.717, 1.165) is 0 Å². The third-order valence-corrected chi connectivity index (χ3v) is 1.93. The highest BCUT2D eigenvalue weighted by molar-refractivity contribution is 7.87. The highest BCUT2D eigenvalue weighted by Gasteiger charge is 2.47. The molecule has 0 aromatic heterocycles. The number of esters is 1. The van der Waals surface area contributed by atoms with Gasteiger partial charge in [-0.25, -0.2) is 4.79 Å². The monoisotopic (exact) mass is 246 g/mol. The second kappa shape index (κ2) is 4.99. The zero-order valence-electron chi connectivity index (χ0n) is 7.07. The van der Waals surface area contributed by atoms with Crippen molar-refractivity contribution in [1.82, 2.24) is 0 Å². The molecule has 0 N–H and O–H groups in total. The van der Waals surface area contributed by atoms with Crippen LogP contribution in [0.3, 0.4) is 0 Å².